The molecule has 1 saturated carbocycles. The van der Waals surface area contributed by atoms with Crippen LogP contribution >= 0.6 is 0 Å². The van der Waals surface area contributed by atoms with Crippen molar-refractivity contribution in [1.82, 2.24) is 0 Å². The molecule has 0 aromatic rings. The van der Waals surface area contributed by atoms with Gasteiger partial charge in [-0.2, -0.15) is 0 Å². The second-order valence-corrected chi connectivity index (χ2v) is 8.43. The molecular formula is C13H24O3Si. The molecule has 0 saturated heterocycles. The highest BCUT2D eigenvalue weighted by Crippen LogP contribution is 2.49. The summed E-state index contributed by atoms with van der Waals surface area (Å²) in [6, 6.07) is 0.942. The first-order valence-electron chi connectivity index (χ1n) is 6.48. The summed E-state index contributed by atoms with van der Waals surface area (Å²) in [5, 5.41) is 0. The highest BCUT2D eigenvalue weighted by Gasteiger charge is 2.43. The largest absolute Gasteiger partial charge is 0.500 e. The minimum Gasteiger partial charge on any atom is -0.377 e. The van der Waals surface area contributed by atoms with Crippen molar-refractivity contribution in [3.05, 3.63) is 11.6 Å². The van der Waals surface area contributed by atoms with Gasteiger partial charge in [0.1, 0.15) is 0 Å². The maximum Gasteiger partial charge on any atom is 0.500 e. The van der Waals surface area contributed by atoms with Crippen molar-refractivity contribution < 1.29 is 13.3 Å². The van der Waals surface area contributed by atoms with E-state index in [9.17, 15) is 0 Å². The Morgan fingerprint density at radius 2 is 1.82 bits per heavy atom. The summed E-state index contributed by atoms with van der Waals surface area (Å²) in [4.78, 5) is 0. The van der Waals surface area contributed by atoms with Crippen LogP contribution in [0.4, 0.5) is 0 Å². The zero-order chi connectivity index (χ0) is 12.5. The van der Waals surface area contributed by atoms with Gasteiger partial charge in [-0.1, -0.05) is 11.6 Å². The van der Waals surface area contributed by atoms with Crippen molar-refractivity contribution in [2.24, 2.45) is 17.8 Å². The molecule has 2 bridgehead atoms. The van der Waals surface area contributed by atoms with Crippen molar-refractivity contribution in [3.63, 3.8) is 0 Å². The molecule has 0 N–H and O–H groups in total. The maximum absolute atomic E-state index is 5.48. The van der Waals surface area contributed by atoms with Gasteiger partial charge in [0, 0.05) is 27.4 Å². The molecule has 17 heavy (non-hydrogen) atoms. The Morgan fingerprint density at radius 1 is 1.18 bits per heavy atom. The van der Waals surface area contributed by atoms with Crippen LogP contribution in [0.5, 0.6) is 0 Å². The van der Waals surface area contributed by atoms with Crippen LogP contribution in [-0.4, -0.2) is 30.1 Å². The topological polar surface area (TPSA) is 27.7 Å². The monoisotopic (exact) mass is 256 g/mol. The van der Waals surface area contributed by atoms with Gasteiger partial charge in [0.15, 0.2) is 0 Å². The van der Waals surface area contributed by atoms with E-state index in [0.29, 0.717) is 0 Å². The lowest BCUT2D eigenvalue weighted by molar-refractivity contribution is 0.120. The fraction of sp³-hybridized carbons (Fsp3) is 0.846. The van der Waals surface area contributed by atoms with Gasteiger partial charge < -0.3 is 13.3 Å². The Bertz CT molecular complexity index is 291. The minimum absolute atomic E-state index is 0.803. The fourth-order valence-corrected chi connectivity index (χ4v) is 5.29. The molecule has 0 radical (unpaired) electrons. The van der Waals surface area contributed by atoms with Crippen LogP contribution in [0.3, 0.4) is 0 Å². The Morgan fingerprint density at radius 3 is 2.24 bits per heavy atom. The van der Waals surface area contributed by atoms with E-state index in [-0.39, 0.29) is 0 Å². The predicted octanol–water partition coefficient (Wildman–Crippen LogP) is 2.86. The van der Waals surface area contributed by atoms with Crippen molar-refractivity contribution in [3.8, 4) is 0 Å². The normalized spacial score (nSPS) is 32.0. The molecule has 2 aliphatic rings. The molecule has 1 fully saturated rings. The molecule has 0 amide bonds. The van der Waals surface area contributed by atoms with Crippen LogP contribution in [-0.2, 0) is 13.3 Å². The molecule has 2 aliphatic carbocycles. The third-order valence-electron chi connectivity index (χ3n) is 4.62. The molecule has 98 valence electrons. The number of hydrogen-bond donors (Lipinski definition) is 0. The second-order valence-electron chi connectivity index (χ2n) is 5.34. The lowest BCUT2D eigenvalue weighted by Crippen LogP contribution is -2.43. The van der Waals surface area contributed by atoms with E-state index >= 15 is 0 Å². The van der Waals surface area contributed by atoms with E-state index in [0.717, 1.165) is 23.8 Å². The van der Waals surface area contributed by atoms with Gasteiger partial charge in [-0.25, -0.2) is 0 Å². The molecule has 3 atom stereocenters. The average molecular weight is 256 g/mol. The SMILES string of the molecule is CO[Si](CCC1CC2CC1C=C2C)(OC)OC. The maximum atomic E-state index is 5.48. The lowest BCUT2D eigenvalue weighted by atomic mass is 9.88. The van der Waals surface area contributed by atoms with Crippen LogP contribution in [0.15, 0.2) is 11.6 Å². The van der Waals surface area contributed by atoms with E-state index < -0.39 is 8.80 Å². The summed E-state index contributed by atoms with van der Waals surface area (Å²) in [7, 11) is 2.75. The quantitative estimate of drug-likeness (QED) is 0.540. The lowest BCUT2D eigenvalue weighted by Gasteiger charge is -2.27. The summed E-state index contributed by atoms with van der Waals surface area (Å²) in [6.45, 7) is 2.28. The first kappa shape index (κ1) is 13.3. The van der Waals surface area contributed by atoms with Gasteiger partial charge in [-0.3, -0.25) is 0 Å². The van der Waals surface area contributed by atoms with Gasteiger partial charge in [-0.05, 0) is 43.9 Å². The van der Waals surface area contributed by atoms with Gasteiger partial charge >= 0.3 is 8.80 Å². The van der Waals surface area contributed by atoms with Crippen LogP contribution in [0.1, 0.15) is 26.2 Å². The standard InChI is InChI=1S/C13H24O3Si/c1-10-7-13-9-12(10)8-11(13)5-6-17(14-2,15-3)16-4/h7,11-13H,5-6,8-9H2,1-4H3. The highest BCUT2D eigenvalue weighted by atomic mass is 28.4. The van der Waals surface area contributed by atoms with Gasteiger partial charge in [0.25, 0.3) is 0 Å². The Kier molecular flexibility index (Phi) is 4.08. The molecule has 0 aliphatic heterocycles. The zero-order valence-electron chi connectivity index (χ0n) is 11.4. The van der Waals surface area contributed by atoms with E-state index in [1.807, 2.05) is 0 Å². The Balaban J connectivity index is 1.87. The van der Waals surface area contributed by atoms with Crippen LogP contribution in [0, 0.1) is 17.8 Å². The van der Waals surface area contributed by atoms with Gasteiger partial charge in [-0.15, -0.1) is 0 Å². The molecule has 2 rings (SSSR count). The van der Waals surface area contributed by atoms with E-state index in [2.05, 4.69) is 13.0 Å². The zero-order valence-corrected chi connectivity index (χ0v) is 12.4. The first-order chi connectivity index (χ1) is 8.14. The third kappa shape index (κ3) is 2.50. The van der Waals surface area contributed by atoms with E-state index in [4.69, 9.17) is 13.3 Å². The summed E-state index contributed by atoms with van der Waals surface area (Å²) in [5.41, 5.74) is 1.61. The average Bonchev–Trinajstić information content (AvgIpc) is 2.90. The second kappa shape index (κ2) is 5.22. The Hall–Kier alpha value is -0.163. The minimum atomic E-state index is -2.35. The number of rotatable bonds is 6. The summed E-state index contributed by atoms with van der Waals surface area (Å²) >= 11 is 0. The molecule has 0 aromatic heterocycles. The molecule has 0 spiro atoms. The highest BCUT2D eigenvalue weighted by molar-refractivity contribution is 6.60. The van der Waals surface area contributed by atoms with Gasteiger partial charge in [0.05, 0.1) is 0 Å². The summed E-state index contributed by atoms with van der Waals surface area (Å²) < 4.78 is 16.4. The van der Waals surface area contributed by atoms with E-state index in [1.165, 1.54) is 19.3 Å². The molecule has 4 heteroatoms. The summed E-state index contributed by atoms with van der Waals surface area (Å²) in [6.07, 6.45) is 6.38. The number of fused-ring (bicyclic) bond motifs is 2. The number of allylic oxidation sites excluding steroid dienone is 2. The van der Waals surface area contributed by atoms with Crippen molar-refractivity contribution in [1.29, 1.82) is 0 Å². The predicted molar refractivity (Wildman–Crippen MR) is 69.7 cm³/mol. The molecule has 0 heterocycles. The van der Waals surface area contributed by atoms with Crippen molar-refractivity contribution >= 4 is 8.80 Å². The summed E-state index contributed by atoms with van der Waals surface area (Å²) in [5.74, 6) is 2.47. The van der Waals surface area contributed by atoms with Crippen molar-refractivity contribution in [2.75, 3.05) is 21.3 Å². The van der Waals surface area contributed by atoms with Crippen LogP contribution in [0.2, 0.25) is 6.04 Å². The van der Waals surface area contributed by atoms with Gasteiger partial charge in [0.2, 0.25) is 0 Å². The molecular weight excluding hydrogens is 232 g/mol. The van der Waals surface area contributed by atoms with Crippen molar-refractivity contribution in [2.45, 2.75) is 32.2 Å². The Labute approximate surface area is 106 Å². The van der Waals surface area contributed by atoms with Crippen LogP contribution in [0.25, 0.3) is 0 Å². The van der Waals surface area contributed by atoms with Crippen LogP contribution < -0.4 is 0 Å². The van der Waals surface area contributed by atoms with E-state index in [1.54, 1.807) is 26.9 Å². The molecule has 3 unspecified atom stereocenters. The molecule has 0 aromatic carbocycles. The molecule has 3 nitrogen and oxygen atoms in total. The number of hydrogen-bond acceptors (Lipinski definition) is 3. The fourth-order valence-electron chi connectivity index (χ4n) is 3.46. The third-order valence-corrected chi connectivity index (χ3v) is 7.39. The first-order valence-corrected chi connectivity index (χ1v) is 8.41. The smallest absolute Gasteiger partial charge is 0.377 e.